The van der Waals surface area contributed by atoms with E-state index < -0.39 is 0 Å². The molecule has 23 heavy (non-hydrogen) atoms. The van der Waals surface area contributed by atoms with Gasteiger partial charge in [0.25, 0.3) is 5.91 Å². The summed E-state index contributed by atoms with van der Waals surface area (Å²) in [6.07, 6.45) is 7.52. The molecule has 0 saturated carbocycles. The molecule has 1 atom stereocenters. The Balaban J connectivity index is 1.54. The maximum absolute atomic E-state index is 12.3. The zero-order chi connectivity index (χ0) is 16.1. The molecule has 1 aliphatic rings. The van der Waals surface area contributed by atoms with Gasteiger partial charge in [0.05, 0.1) is 24.0 Å². The summed E-state index contributed by atoms with van der Waals surface area (Å²) in [5, 5.41) is 8.76. The largest absolute Gasteiger partial charge is 0.484 e. The van der Waals surface area contributed by atoms with Gasteiger partial charge in [-0.2, -0.15) is 5.26 Å². The van der Waals surface area contributed by atoms with E-state index >= 15 is 0 Å². The summed E-state index contributed by atoms with van der Waals surface area (Å²) < 4.78 is 7.58. The molecule has 1 amide bonds. The minimum Gasteiger partial charge on any atom is -0.484 e. The van der Waals surface area contributed by atoms with Gasteiger partial charge in [0, 0.05) is 25.5 Å². The number of ether oxygens (including phenoxy) is 1. The molecule has 1 aromatic heterocycles. The molecule has 1 aliphatic heterocycles. The number of nitriles is 1. The van der Waals surface area contributed by atoms with Crippen LogP contribution in [0.5, 0.6) is 5.75 Å². The van der Waals surface area contributed by atoms with E-state index in [1.807, 2.05) is 11.1 Å². The zero-order valence-corrected chi connectivity index (χ0v) is 12.8. The van der Waals surface area contributed by atoms with Gasteiger partial charge in [0.15, 0.2) is 6.61 Å². The molecule has 1 fully saturated rings. The van der Waals surface area contributed by atoms with E-state index in [-0.39, 0.29) is 18.6 Å². The Kier molecular flexibility index (Phi) is 4.57. The topological polar surface area (TPSA) is 71.2 Å². The first-order valence-corrected chi connectivity index (χ1v) is 7.64. The number of hydrogen-bond donors (Lipinski definition) is 0. The maximum atomic E-state index is 12.3. The van der Waals surface area contributed by atoms with E-state index in [4.69, 9.17) is 10.00 Å². The fourth-order valence-corrected chi connectivity index (χ4v) is 2.77. The molecule has 1 aromatic carbocycles. The van der Waals surface area contributed by atoms with Crippen molar-refractivity contribution in [2.24, 2.45) is 0 Å². The normalized spacial score (nSPS) is 17.5. The van der Waals surface area contributed by atoms with Crippen LogP contribution in [0.15, 0.2) is 43.0 Å². The molecule has 118 valence electrons. The third-order valence-corrected chi connectivity index (χ3v) is 4.04. The summed E-state index contributed by atoms with van der Waals surface area (Å²) in [6, 6.07) is 9.10. The van der Waals surface area contributed by atoms with Crippen LogP contribution in [0.25, 0.3) is 0 Å². The van der Waals surface area contributed by atoms with Gasteiger partial charge in [-0.15, -0.1) is 0 Å². The average Bonchev–Trinajstić information content (AvgIpc) is 3.15. The van der Waals surface area contributed by atoms with E-state index in [1.165, 1.54) is 0 Å². The van der Waals surface area contributed by atoms with Crippen molar-refractivity contribution in [2.75, 3.05) is 19.7 Å². The Hall–Kier alpha value is -2.81. The van der Waals surface area contributed by atoms with Gasteiger partial charge in [-0.1, -0.05) is 0 Å². The Morgan fingerprint density at radius 3 is 2.91 bits per heavy atom. The third kappa shape index (κ3) is 3.69. The molecule has 6 heteroatoms. The van der Waals surface area contributed by atoms with Crippen molar-refractivity contribution < 1.29 is 9.53 Å². The molecular weight excluding hydrogens is 292 g/mol. The van der Waals surface area contributed by atoms with Crippen molar-refractivity contribution in [1.82, 2.24) is 14.5 Å². The second-order valence-corrected chi connectivity index (χ2v) is 5.57. The standard InChI is InChI=1S/C17H18N4O2/c18-10-14-3-5-16(6-4-14)23-12-17(22)20-8-1-2-15(11-20)21-9-7-19-13-21/h3-7,9,13,15H,1-2,8,11-12H2/t15-/m0/s1. The van der Waals surface area contributed by atoms with Gasteiger partial charge < -0.3 is 14.2 Å². The van der Waals surface area contributed by atoms with Crippen LogP contribution >= 0.6 is 0 Å². The number of carbonyl (C=O) groups excluding carboxylic acids is 1. The molecule has 0 unspecified atom stereocenters. The zero-order valence-electron chi connectivity index (χ0n) is 12.8. The second kappa shape index (κ2) is 6.97. The molecule has 3 rings (SSSR count). The highest BCUT2D eigenvalue weighted by Crippen LogP contribution is 2.21. The van der Waals surface area contributed by atoms with Crippen molar-refractivity contribution in [3.05, 3.63) is 48.5 Å². The van der Waals surface area contributed by atoms with Crippen LogP contribution in [0.4, 0.5) is 0 Å². The number of piperidine rings is 1. The lowest BCUT2D eigenvalue weighted by Crippen LogP contribution is -2.42. The van der Waals surface area contributed by atoms with Crippen molar-refractivity contribution in [1.29, 1.82) is 5.26 Å². The van der Waals surface area contributed by atoms with E-state index in [1.54, 1.807) is 36.8 Å². The number of nitrogens with zero attached hydrogens (tertiary/aromatic N) is 4. The molecule has 0 spiro atoms. The number of rotatable bonds is 4. The summed E-state index contributed by atoms with van der Waals surface area (Å²) >= 11 is 0. The van der Waals surface area contributed by atoms with Gasteiger partial charge >= 0.3 is 0 Å². The summed E-state index contributed by atoms with van der Waals surface area (Å²) in [4.78, 5) is 18.2. The Morgan fingerprint density at radius 1 is 1.39 bits per heavy atom. The number of aromatic nitrogens is 2. The summed E-state index contributed by atoms with van der Waals surface area (Å²) in [6.45, 7) is 1.47. The number of likely N-dealkylation sites (tertiary alicyclic amines) is 1. The van der Waals surface area contributed by atoms with Crippen LogP contribution in [0.1, 0.15) is 24.4 Å². The van der Waals surface area contributed by atoms with Crippen LogP contribution < -0.4 is 4.74 Å². The first kappa shape index (κ1) is 15.1. The quantitative estimate of drug-likeness (QED) is 0.866. The minimum absolute atomic E-state index is 0.0147. The summed E-state index contributed by atoms with van der Waals surface area (Å²) in [5.41, 5.74) is 0.572. The summed E-state index contributed by atoms with van der Waals surface area (Å²) in [5.74, 6) is 0.583. The van der Waals surface area contributed by atoms with Crippen molar-refractivity contribution in [3.63, 3.8) is 0 Å². The maximum Gasteiger partial charge on any atom is 0.260 e. The monoisotopic (exact) mass is 310 g/mol. The number of hydrogen-bond acceptors (Lipinski definition) is 4. The fourth-order valence-electron chi connectivity index (χ4n) is 2.77. The van der Waals surface area contributed by atoms with Gasteiger partial charge in [-0.3, -0.25) is 4.79 Å². The van der Waals surface area contributed by atoms with Gasteiger partial charge in [0.2, 0.25) is 0 Å². The first-order valence-electron chi connectivity index (χ1n) is 7.64. The molecule has 2 aromatic rings. The predicted molar refractivity (Wildman–Crippen MR) is 83.7 cm³/mol. The number of benzene rings is 1. The SMILES string of the molecule is N#Cc1ccc(OCC(=O)N2CCC[C@H](n3ccnc3)C2)cc1. The smallest absolute Gasteiger partial charge is 0.260 e. The van der Waals surface area contributed by atoms with E-state index in [2.05, 4.69) is 15.6 Å². The van der Waals surface area contributed by atoms with Crippen molar-refractivity contribution in [2.45, 2.75) is 18.9 Å². The lowest BCUT2D eigenvalue weighted by Gasteiger charge is -2.33. The lowest BCUT2D eigenvalue weighted by molar-refractivity contribution is -0.135. The molecule has 1 saturated heterocycles. The second-order valence-electron chi connectivity index (χ2n) is 5.57. The van der Waals surface area contributed by atoms with E-state index in [0.717, 1.165) is 19.4 Å². The van der Waals surface area contributed by atoms with E-state index in [9.17, 15) is 4.79 Å². The van der Waals surface area contributed by atoms with Crippen LogP contribution in [0.3, 0.4) is 0 Å². The molecule has 6 nitrogen and oxygen atoms in total. The molecule has 2 heterocycles. The molecule has 0 radical (unpaired) electrons. The Morgan fingerprint density at radius 2 is 2.22 bits per heavy atom. The van der Waals surface area contributed by atoms with Crippen molar-refractivity contribution >= 4 is 5.91 Å². The highest BCUT2D eigenvalue weighted by atomic mass is 16.5. The first-order chi connectivity index (χ1) is 11.3. The Labute approximate surface area is 134 Å². The highest BCUT2D eigenvalue weighted by molar-refractivity contribution is 5.77. The molecule has 0 bridgehead atoms. The lowest BCUT2D eigenvalue weighted by atomic mass is 10.1. The van der Waals surface area contributed by atoms with E-state index in [0.29, 0.717) is 17.9 Å². The van der Waals surface area contributed by atoms with Gasteiger partial charge in [-0.25, -0.2) is 4.98 Å². The number of amides is 1. The Bertz CT molecular complexity index is 688. The van der Waals surface area contributed by atoms with Gasteiger partial charge in [0.1, 0.15) is 5.75 Å². The predicted octanol–water partition coefficient (Wildman–Crippen LogP) is 2.00. The van der Waals surface area contributed by atoms with Gasteiger partial charge in [-0.05, 0) is 37.1 Å². The fraction of sp³-hybridized carbons (Fsp3) is 0.353. The van der Waals surface area contributed by atoms with Crippen molar-refractivity contribution in [3.8, 4) is 11.8 Å². The number of carbonyl (C=O) groups is 1. The highest BCUT2D eigenvalue weighted by Gasteiger charge is 2.24. The molecular formula is C17H18N4O2. The van der Waals surface area contributed by atoms with Crippen LogP contribution in [0, 0.1) is 11.3 Å². The number of imidazole rings is 1. The molecule has 0 N–H and O–H groups in total. The molecule has 0 aliphatic carbocycles. The van der Waals surface area contributed by atoms with Crippen LogP contribution in [0.2, 0.25) is 0 Å². The minimum atomic E-state index is -0.0147. The third-order valence-electron chi connectivity index (χ3n) is 4.04. The van der Waals surface area contributed by atoms with Crippen LogP contribution in [-0.2, 0) is 4.79 Å². The average molecular weight is 310 g/mol. The van der Waals surface area contributed by atoms with Crippen LogP contribution in [-0.4, -0.2) is 40.1 Å². The summed E-state index contributed by atoms with van der Waals surface area (Å²) in [7, 11) is 0.